The minimum atomic E-state index is -3.95. The number of hydrogen-bond acceptors (Lipinski definition) is 36. The Balaban J connectivity index is -0.000000234. The molecule has 0 aromatic carbocycles. The minimum Gasteiger partial charge on any atom is -0.520 e. The first-order valence-corrected chi connectivity index (χ1v) is 85.7. The maximum absolute atomic E-state index is 11.3. The van der Waals surface area contributed by atoms with Crippen molar-refractivity contribution in [2.45, 2.75) is 301 Å². The summed E-state index contributed by atoms with van der Waals surface area (Å²) in [6.07, 6.45) is 0. The van der Waals surface area contributed by atoms with E-state index in [0.29, 0.717) is 97.2 Å². The third kappa shape index (κ3) is 62.6. The van der Waals surface area contributed by atoms with Crippen LogP contribution in [-0.2, 0) is 161 Å². The van der Waals surface area contributed by atoms with Crippen LogP contribution >= 0.6 is 0 Å². The average molecular weight is 2260 g/mol. The van der Waals surface area contributed by atoms with E-state index in [1.54, 1.807) is 110 Å². The number of rotatable bonds is 74. The van der Waals surface area contributed by atoms with E-state index in [4.69, 9.17) is 142 Å². The zero-order valence-corrected chi connectivity index (χ0v) is 111. The summed E-state index contributed by atoms with van der Waals surface area (Å²) in [6.45, 7) is 87.3. The molecule has 0 bridgehead atoms. The second-order valence-corrected chi connectivity index (χ2v) is 92.2. The van der Waals surface area contributed by atoms with E-state index in [0.717, 1.165) is 105 Å². The fourth-order valence-electron chi connectivity index (χ4n) is 14.5. The molecule has 0 unspecified atom stereocenters. The lowest BCUT2D eigenvalue weighted by Gasteiger charge is -2.37. The van der Waals surface area contributed by atoms with Crippen LogP contribution in [0.3, 0.4) is 0 Å². The molecule has 0 radical (unpaired) electrons. The molecule has 0 aliphatic heterocycles. The van der Waals surface area contributed by atoms with Crippen molar-refractivity contribution in [2.75, 3.05) is 191 Å². The van der Waals surface area contributed by atoms with Crippen molar-refractivity contribution in [1.82, 2.24) is 0 Å². The molecule has 0 rings (SSSR count). The normalized spacial score (nSPS) is 12.7. The van der Waals surface area contributed by atoms with Crippen molar-refractivity contribution in [2.24, 2.45) is 0 Å². The summed E-state index contributed by atoms with van der Waals surface area (Å²) in [4.78, 5) is 44.9. The van der Waals surface area contributed by atoms with Crippen LogP contribution in [0.25, 0.3) is 0 Å². The molecule has 0 fully saturated rings. The highest BCUT2D eigenvalue weighted by atomic mass is 28.5. The maximum Gasteiger partial charge on any atom is 0.705 e. The second-order valence-electron chi connectivity index (χ2n) is 32.3. The van der Waals surface area contributed by atoms with Gasteiger partial charge in [-0.1, -0.05) is 64.3 Å². The van der Waals surface area contributed by atoms with Gasteiger partial charge >= 0.3 is 70.4 Å². The number of carbonyl (C=O) groups excluding carboxylic acids is 4. The Labute approximate surface area is 856 Å². The topological polar surface area (TPSA) is 364 Å². The summed E-state index contributed by atoms with van der Waals surface area (Å²) >= 11 is 0. The highest BCUT2D eigenvalue weighted by Crippen LogP contribution is 2.36. The van der Waals surface area contributed by atoms with E-state index >= 15 is 0 Å². The third-order valence-corrected chi connectivity index (χ3v) is 91.6. The zero-order valence-electron chi connectivity index (χ0n) is 95.0. The van der Waals surface area contributed by atoms with E-state index < -0.39 is 161 Å². The fraction of sp³-hybridized carbons (Fsp3) is 0.860. The van der Waals surface area contributed by atoms with Crippen LogP contribution in [0.2, 0.25) is 121 Å². The van der Waals surface area contributed by atoms with Crippen molar-refractivity contribution in [3.8, 4) is 0 Å². The predicted molar refractivity (Wildman–Crippen MR) is 587 cm³/mol. The van der Waals surface area contributed by atoms with E-state index in [1.165, 1.54) is 6.92 Å². The van der Waals surface area contributed by atoms with Crippen molar-refractivity contribution >= 4 is 161 Å². The van der Waals surface area contributed by atoms with E-state index in [-0.39, 0.29) is 5.67 Å². The summed E-state index contributed by atoms with van der Waals surface area (Å²) in [5.41, 5.74) is 12.7. The Morgan fingerprint density at radius 3 is 0.580 bits per heavy atom. The van der Waals surface area contributed by atoms with E-state index in [2.05, 4.69) is 108 Å². The molecule has 138 heavy (non-hydrogen) atoms. The van der Waals surface area contributed by atoms with Crippen LogP contribution in [0, 0.1) is 0 Å². The maximum atomic E-state index is 11.3. The molecule has 0 aromatic heterocycles. The molecule has 0 N–H and O–H groups in total. The van der Waals surface area contributed by atoms with Crippen LogP contribution in [0.15, 0.2) is 49.1 Å². The summed E-state index contributed by atoms with van der Waals surface area (Å²) in [5, 5.41) is 0. The van der Waals surface area contributed by atoms with E-state index in [9.17, 15) is 19.2 Å². The molecule has 0 saturated carbocycles. The van der Waals surface area contributed by atoms with Crippen LogP contribution in [0.4, 0.5) is 0 Å². The molecule has 0 spiro atoms. The van der Waals surface area contributed by atoms with Crippen LogP contribution in [-0.4, -0.2) is 352 Å². The molecule has 0 saturated heterocycles. The third-order valence-electron chi connectivity index (χ3n) is 21.5. The minimum absolute atomic E-state index is 0.0989. The highest BCUT2D eigenvalue weighted by molar-refractivity contribution is 6.94. The van der Waals surface area contributed by atoms with Gasteiger partial charge in [-0.2, -0.15) is 0 Å². The van der Waals surface area contributed by atoms with Gasteiger partial charge in [0.2, 0.25) is 16.6 Å². The van der Waals surface area contributed by atoms with Crippen molar-refractivity contribution in [3.05, 3.63) is 49.1 Å². The van der Waals surface area contributed by atoms with Gasteiger partial charge in [0.15, 0.2) is 41.6 Å². The molecule has 828 valence electrons. The Hall–Kier alpha value is -0.810. The Bertz CT molecular complexity index is 2820. The van der Waals surface area contributed by atoms with Crippen LogP contribution < -0.4 is 0 Å². The van der Waals surface area contributed by atoms with Gasteiger partial charge in [0.25, 0.3) is 32.2 Å². The second kappa shape index (κ2) is 83.0. The summed E-state index contributed by atoms with van der Waals surface area (Å²) in [5.74, 6) is -2.77. The first-order chi connectivity index (χ1) is 64.6. The fourth-order valence-corrected chi connectivity index (χ4v) is 81.1. The molecule has 0 aliphatic rings. The van der Waals surface area contributed by atoms with Gasteiger partial charge in [0.1, 0.15) is 0 Å². The van der Waals surface area contributed by atoms with Gasteiger partial charge in [0, 0.05) is 258 Å². The SMILES string of the molecule is C=C[Si](C=C)(C[Si](OC)(OC)OC)OC.C=C[Si](C=C)(C[Si](OCC)(OCC)OCC)OCC.CC(=O)O[Si](C)(C)C[Si](OC(C)=O)(OC(C)=O)OC(C)=O.CCO[Si](C)(C)C[Si](OCC)(OCC)OCC.CCO[Si](CC)(CC)C[Si](OCC)(OCC)OCC.CCO[Si](CC)(CC)C[Si](OCC)(OCC)OCC.CC[Si](CC)(C[Si](OC)(OC)OC)OC.CO[Si](C)(C)C[Si](OC)(OC)OC. The van der Waals surface area contributed by atoms with Crippen molar-refractivity contribution in [3.63, 3.8) is 0 Å². The van der Waals surface area contributed by atoms with Gasteiger partial charge in [-0.3, -0.25) is 19.2 Å². The monoisotopic (exact) mass is 2260 g/mol. The van der Waals surface area contributed by atoms with Crippen LogP contribution in [0.1, 0.15) is 180 Å². The smallest absolute Gasteiger partial charge is 0.520 e. The zero-order chi connectivity index (χ0) is 109. The summed E-state index contributed by atoms with van der Waals surface area (Å²) < 4.78 is 180. The Morgan fingerprint density at radius 1 is 0.188 bits per heavy atom. The molecule has 0 atom stereocenters. The first-order valence-electron chi connectivity index (χ1n) is 48.8. The van der Waals surface area contributed by atoms with E-state index in [1.807, 2.05) is 108 Å². The molecular formula is C86H204O36Si16. The number of hydrogen-bond donors (Lipinski definition) is 0. The van der Waals surface area contributed by atoms with Gasteiger partial charge < -0.3 is 142 Å². The summed E-state index contributed by atoms with van der Waals surface area (Å²) in [7, 11) is -18.1. The standard InChI is InChI=1S/2C13H32O4Si2.C13H28O4Si2.C11H20O8Si2.C11H28O4Si2.C9H24O4Si2.C9H20O4Si2.C7H20O4Si2/c3*1-7-14-18(11-5,12-6)13-19(15-8-2,16-9-3)17-10-4;1-8(12)16-20(5,6)7-21(17-9(2)13,18-10(3)14)19-11(4)15;1-7-12-16(5,6)11-17(13-8-2,14-9-3)15-10-4;2*1-7-14(8-2,10-3)9-15(11-4,12-5)13-6;1-8-12(5,6)7-13(9-2,10-3)11-4/h2*7-13H2,1-6H3;11-12H,5-10,13H2,1-4H3;7H2,1-6H3;7-11H2,1-6H3;7-9H2,1-6H3;7-8H,1-2,9H2,3-6H3;7H2,1-6H3. The molecule has 52 heteroatoms. The molecule has 0 aliphatic carbocycles. The largest absolute Gasteiger partial charge is 0.705 e. The van der Waals surface area contributed by atoms with Gasteiger partial charge in [-0.25, -0.2) is 0 Å². The number of carbonyl (C=O) groups is 4. The van der Waals surface area contributed by atoms with Crippen molar-refractivity contribution < 1.29 is 161 Å². The quantitative estimate of drug-likeness (QED) is 0.0510. The molecule has 0 aromatic rings. The Morgan fingerprint density at radius 2 is 0.384 bits per heavy atom. The predicted octanol–water partition coefficient (Wildman–Crippen LogP) is 18.7. The first kappa shape index (κ1) is 152. The lowest BCUT2D eigenvalue weighted by Crippen LogP contribution is -2.55. The van der Waals surface area contributed by atoms with Gasteiger partial charge in [-0.15, -0.1) is 26.3 Å². The molecular weight excluding hydrogens is 2060 g/mol. The summed E-state index contributed by atoms with van der Waals surface area (Å²) in [6, 6.07) is 6.45. The van der Waals surface area contributed by atoms with Gasteiger partial charge in [0.05, 0.1) is 5.67 Å². The molecule has 36 nitrogen and oxygen atoms in total. The molecule has 0 heterocycles. The lowest BCUT2D eigenvalue weighted by molar-refractivity contribution is -0.147. The highest BCUT2D eigenvalue weighted by Gasteiger charge is 2.59. The van der Waals surface area contributed by atoms with Gasteiger partial charge in [-0.05, 0) is 186 Å². The van der Waals surface area contributed by atoms with Crippen LogP contribution in [0.5, 0.6) is 0 Å². The lowest BCUT2D eigenvalue weighted by atomic mass is 10.9. The molecule has 0 amide bonds. The Kier molecular flexibility index (Phi) is 91.7. The average Bonchev–Trinajstić information content (AvgIpc) is 0.822. The van der Waals surface area contributed by atoms with Crippen molar-refractivity contribution in [1.29, 1.82) is 0 Å².